The first kappa shape index (κ1) is 25.1. The minimum Gasteiger partial charge on any atom is -0.507 e. The standard InChI is InChI=1S/C24H33N3O5S/c1-5-32-24(30)26-12-10-25(11-13-26)22(18-6-8-19(33-4)9-7-18)21-20(28)16-17(2)27(23(21)29)14-15-31-3/h6-9,16,22,28H,5,10-15H2,1-4H3/t22-/m1/s1. The van der Waals surface area contributed by atoms with Gasteiger partial charge in [-0.3, -0.25) is 9.69 Å². The van der Waals surface area contributed by atoms with Gasteiger partial charge in [-0.2, -0.15) is 0 Å². The van der Waals surface area contributed by atoms with E-state index in [9.17, 15) is 14.7 Å². The minimum absolute atomic E-state index is 0.0158. The maximum absolute atomic E-state index is 13.6. The first-order valence-corrected chi connectivity index (χ1v) is 12.4. The number of hydrogen-bond acceptors (Lipinski definition) is 7. The normalized spacial score (nSPS) is 15.5. The summed E-state index contributed by atoms with van der Waals surface area (Å²) in [7, 11) is 1.60. The Morgan fingerprint density at radius 3 is 2.42 bits per heavy atom. The number of methoxy groups -OCH3 is 1. The van der Waals surface area contributed by atoms with Gasteiger partial charge in [-0.05, 0) is 43.9 Å². The SMILES string of the molecule is CCOC(=O)N1CCN([C@H](c2ccc(SC)cc2)c2c(O)cc(C)n(CCOC)c2=O)CC1. The van der Waals surface area contributed by atoms with Crippen LogP contribution in [0.1, 0.15) is 29.8 Å². The first-order valence-electron chi connectivity index (χ1n) is 11.1. The molecule has 1 aliphatic rings. The van der Waals surface area contributed by atoms with Gasteiger partial charge in [0.05, 0.1) is 24.8 Å². The first-order chi connectivity index (χ1) is 15.9. The second-order valence-electron chi connectivity index (χ2n) is 7.93. The predicted molar refractivity (Wildman–Crippen MR) is 129 cm³/mol. The molecule has 1 aromatic carbocycles. The summed E-state index contributed by atoms with van der Waals surface area (Å²) in [6.07, 6.45) is 1.69. The monoisotopic (exact) mass is 475 g/mol. The number of hydrogen-bond donors (Lipinski definition) is 1. The molecule has 1 aliphatic heterocycles. The number of benzene rings is 1. The molecule has 1 N–H and O–H groups in total. The van der Waals surface area contributed by atoms with E-state index in [0.29, 0.717) is 57.2 Å². The molecule has 3 rings (SSSR count). The maximum atomic E-state index is 13.6. The fourth-order valence-corrected chi connectivity index (χ4v) is 4.62. The number of rotatable bonds is 8. The number of nitrogens with zero attached hydrogens (tertiary/aromatic N) is 3. The van der Waals surface area contributed by atoms with Gasteiger partial charge in [0.25, 0.3) is 5.56 Å². The number of ether oxygens (including phenoxy) is 2. The minimum atomic E-state index is -0.438. The van der Waals surface area contributed by atoms with E-state index in [1.54, 1.807) is 48.3 Å². The van der Waals surface area contributed by atoms with Crippen molar-refractivity contribution in [3.63, 3.8) is 0 Å². The summed E-state index contributed by atoms with van der Waals surface area (Å²) >= 11 is 1.65. The van der Waals surface area contributed by atoms with Gasteiger partial charge < -0.3 is 24.0 Å². The molecule has 2 heterocycles. The largest absolute Gasteiger partial charge is 0.507 e. The number of carbonyl (C=O) groups excluding carboxylic acids is 1. The number of aryl methyl sites for hydroxylation is 1. The highest BCUT2D eigenvalue weighted by Gasteiger charge is 2.32. The fraction of sp³-hybridized carbons (Fsp3) is 0.500. The molecule has 1 atom stereocenters. The third-order valence-corrected chi connectivity index (χ3v) is 6.70. The van der Waals surface area contributed by atoms with E-state index in [0.717, 1.165) is 10.5 Å². The second-order valence-corrected chi connectivity index (χ2v) is 8.81. The lowest BCUT2D eigenvalue weighted by Crippen LogP contribution is -2.50. The molecule has 2 aromatic rings. The van der Waals surface area contributed by atoms with Crippen molar-refractivity contribution < 1.29 is 19.4 Å². The van der Waals surface area contributed by atoms with Gasteiger partial charge in [0.1, 0.15) is 5.75 Å². The predicted octanol–water partition coefficient (Wildman–Crippen LogP) is 3.09. The van der Waals surface area contributed by atoms with E-state index in [1.165, 1.54) is 0 Å². The number of carbonyl (C=O) groups is 1. The molecule has 0 unspecified atom stereocenters. The number of pyridine rings is 1. The zero-order chi connectivity index (χ0) is 24.0. The zero-order valence-electron chi connectivity index (χ0n) is 19.7. The molecule has 1 aromatic heterocycles. The van der Waals surface area contributed by atoms with Crippen LogP contribution in [0.15, 0.2) is 40.0 Å². The van der Waals surface area contributed by atoms with Crippen molar-refractivity contribution in [2.45, 2.75) is 31.3 Å². The van der Waals surface area contributed by atoms with Gasteiger partial charge in [0, 0.05) is 50.4 Å². The van der Waals surface area contributed by atoms with Gasteiger partial charge in [0.15, 0.2) is 0 Å². The van der Waals surface area contributed by atoms with Crippen LogP contribution < -0.4 is 5.56 Å². The molecule has 0 aliphatic carbocycles. The van der Waals surface area contributed by atoms with Gasteiger partial charge in [-0.1, -0.05) is 12.1 Å². The van der Waals surface area contributed by atoms with E-state index < -0.39 is 6.04 Å². The van der Waals surface area contributed by atoms with Gasteiger partial charge in [-0.25, -0.2) is 4.79 Å². The molecule has 1 amide bonds. The van der Waals surface area contributed by atoms with Crippen LogP contribution in [-0.2, 0) is 16.0 Å². The Labute approximate surface area is 199 Å². The average molecular weight is 476 g/mol. The Hall–Kier alpha value is -2.49. The molecule has 0 radical (unpaired) electrons. The highest BCUT2D eigenvalue weighted by atomic mass is 32.2. The zero-order valence-corrected chi connectivity index (χ0v) is 20.6. The van der Waals surface area contributed by atoms with Crippen LogP contribution in [0.25, 0.3) is 0 Å². The van der Waals surface area contributed by atoms with E-state index in [4.69, 9.17) is 9.47 Å². The third kappa shape index (κ3) is 5.72. The molecule has 9 heteroatoms. The van der Waals surface area contributed by atoms with Gasteiger partial charge >= 0.3 is 6.09 Å². The summed E-state index contributed by atoms with van der Waals surface area (Å²) < 4.78 is 12.0. The molecule has 180 valence electrons. The van der Waals surface area contributed by atoms with Crippen LogP contribution in [0.2, 0.25) is 0 Å². The van der Waals surface area contributed by atoms with Crippen molar-refractivity contribution in [2.75, 3.05) is 52.8 Å². The molecule has 1 fully saturated rings. The molecular formula is C24H33N3O5S. The second kappa shape index (κ2) is 11.6. The van der Waals surface area contributed by atoms with Crippen LogP contribution in [0.5, 0.6) is 5.75 Å². The van der Waals surface area contributed by atoms with E-state index in [1.807, 2.05) is 30.5 Å². The summed E-state index contributed by atoms with van der Waals surface area (Å²) in [6, 6.07) is 9.27. The Kier molecular flexibility index (Phi) is 8.82. The number of aromatic hydroxyl groups is 1. The highest BCUT2D eigenvalue weighted by Crippen LogP contribution is 2.34. The molecule has 0 bridgehead atoms. The number of piperazine rings is 1. The molecular weight excluding hydrogens is 442 g/mol. The molecule has 33 heavy (non-hydrogen) atoms. The van der Waals surface area contributed by atoms with Gasteiger partial charge in [-0.15, -0.1) is 11.8 Å². The quantitative estimate of drug-likeness (QED) is 0.588. The van der Waals surface area contributed by atoms with Crippen molar-refractivity contribution in [3.8, 4) is 5.75 Å². The number of amides is 1. The smallest absolute Gasteiger partial charge is 0.409 e. The third-order valence-electron chi connectivity index (χ3n) is 5.95. The van der Waals surface area contributed by atoms with Crippen LogP contribution in [0.3, 0.4) is 0 Å². The summed E-state index contributed by atoms with van der Waals surface area (Å²) in [5, 5.41) is 10.9. The van der Waals surface area contributed by atoms with Crippen molar-refractivity contribution in [3.05, 3.63) is 57.5 Å². The van der Waals surface area contributed by atoms with Crippen LogP contribution >= 0.6 is 11.8 Å². The Morgan fingerprint density at radius 2 is 1.85 bits per heavy atom. The summed E-state index contributed by atoms with van der Waals surface area (Å²) in [5.74, 6) is -0.0158. The summed E-state index contributed by atoms with van der Waals surface area (Å²) in [6.45, 7) is 6.82. The van der Waals surface area contributed by atoms with Crippen molar-refractivity contribution >= 4 is 17.9 Å². The Balaban J connectivity index is 2.02. The fourth-order valence-electron chi connectivity index (χ4n) is 4.21. The Bertz CT molecular complexity index is 1000. The van der Waals surface area contributed by atoms with Crippen molar-refractivity contribution in [2.24, 2.45) is 0 Å². The number of thioether (sulfide) groups is 1. The van der Waals surface area contributed by atoms with Crippen LogP contribution in [0, 0.1) is 6.92 Å². The molecule has 0 spiro atoms. The van der Waals surface area contributed by atoms with Crippen molar-refractivity contribution in [1.82, 2.24) is 14.4 Å². The van der Waals surface area contributed by atoms with E-state index in [-0.39, 0.29) is 17.4 Å². The number of aromatic nitrogens is 1. The topological polar surface area (TPSA) is 84.2 Å². The highest BCUT2D eigenvalue weighted by molar-refractivity contribution is 7.98. The van der Waals surface area contributed by atoms with Crippen LogP contribution in [-0.4, -0.2) is 78.3 Å². The molecule has 0 saturated carbocycles. The Morgan fingerprint density at radius 1 is 1.18 bits per heavy atom. The van der Waals surface area contributed by atoms with Gasteiger partial charge in [0.2, 0.25) is 0 Å². The lowest BCUT2D eigenvalue weighted by molar-refractivity contribution is 0.0709. The van der Waals surface area contributed by atoms with Crippen LogP contribution in [0.4, 0.5) is 4.79 Å². The van der Waals surface area contributed by atoms with Crippen molar-refractivity contribution in [1.29, 1.82) is 0 Å². The lowest BCUT2D eigenvalue weighted by atomic mass is 9.96. The summed E-state index contributed by atoms with van der Waals surface area (Å²) in [5.41, 5.74) is 1.73. The average Bonchev–Trinajstić information content (AvgIpc) is 2.82. The molecule has 1 saturated heterocycles. The molecule has 8 nitrogen and oxygen atoms in total. The van der Waals surface area contributed by atoms with E-state index in [2.05, 4.69) is 4.90 Å². The van der Waals surface area contributed by atoms with E-state index >= 15 is 0 Å². The lowest BCUT2D eigenvalue weighted by Gasteiger charge is -2.39. The maximum Gasteiger partial charge on any atom is 0.409 e. The summed E-state index contributed by atoms with van der Waals surface area (Å²) in [4.78, 5) is 30.7.